The molecule has 0 fully saturated rings. The summed E-state index contributed by atoms with van der Waals surface area (Å²) in [7, 11) is 1.97. The molecular formula is C17H18N4OS2. The predicted molar refractivity (Wildman–Crippen MR) is 95.7 cm³/mol. The maximum atomic E-state index is 12.9. The largest absolute Gasteiger partial charge is 0.329 e. The van der Waals surface area contributed by atoms with Crippen molar-refractivity contribution in [3.63, 3.8) is 0 Å². The van der Waals surface area contributed by atoms with Gasteiger partial charge in [-0.1, -0.05) is 13.8 Å². The van der Waals surface area contributed by atoms with Gasteiger partial charge in [0.1, 0.15) is 5.69 Å². The Labute approximate surface area is 148 Å². The van der Waals surface area contributed by atoms with Crippen LogP contribution >= 0.6 is 23.1 Å². The number of carbonyl (C=O) groups excluding carboxylic acids is 1. The van der Waals surface area contributed by atoms with Crippen LogP contribution in [0.4, 0.5) is 0 Å². The minimum Gasteiger partial charge on any atom is -0.329 e. The highest BCUT2D eigenvalue weighted by Crippen LogP contribution is 2.49. The lowest BCUT2D eigenvalue weighted by atomic mass is 9.74. The van der Waals surface area contributed by atoms with E-state index in [0.717, 1.165) is 37.5 Å². The van der Waals surface area contributed by atoms with Gasteiger partial charge in [0.25, 0.3) is 0 Å². The monoisotopic (exact) mass is 358 g/mol. The van der Waals surface area contributed by atoms with Crippen LogP contribution in [0.3, 0.4) is 0 Å². The maximum Gasteiger partial charge on any atom is 0.173 e. The number of rotatable bonds is 3. The fourth-order valence-corrected chi connectivity index (χ4v) is 5.66. The van der Waals surface area contributed by atoms with Crippen molar-refractivity contribution in [2.75, 3.05) is 0 Å². The minimum absolute atomic E-state index is 0.0125. The van der Waals surface area contributed by atoms with Gasteiger partial charge in [0.05, 0.1) is 9.09 Å². The average Bonchev–Trinajstić information content (AvgIpc) is 3.19. The predicted octanol–water partition coefficient (Wildman–Crippen LogP) is 4.18. The molecule has 124 valence electrons. The topological polar surface area (TPSA) is 63.6 Å². The van der Waals surface area contributed by atoms with Crippen LogP contribution in [0.25, 0.3) is 10.6 Å². The van der Waals surface area contributed by atoms with Gasteiger partial charge in [-0.15, -0.1) is 11.3 Å². The molecule has 7 heteroatoms. The van der Waals surface area contributed by atoms with Gasteiger partial charge >= 0.3 is 0 Å². The van der Waals surface area contributed by atoms with Crippen LogP contribution in [-0.4, -0.2) is 25.5 Å². The summed E-state index contributed by atoms with van der Waals surface area (Å²) in [5, 5.41) is 8.11. The average molecular weight is 358 g/mol. The molecule has 0 spiro atoms. The van der Waals surface area contributed by atoms with Crippen molar-refractivity contribution >= 4 is 28.9 Å². The summed E-state index contributed by atoms with van der Waals surface area (Å²) in [4.78, 5) is 18.3. The van der Waals surface area contributed by atoms with Gasteiger partial charge in [-0.05, 0) is 35.2 Å². The molecule has 1 aliphatic rings. The molecule has 0 aromatic carbocycles. The lowest BCUT2D eigenvalue weighted by Gasteiger charge is -2.29. The second-order valence-corrected chi connectivity index (χ2v) is 9.15. The number of aromatic nitrogens is 4. The summed E-state index contributed by atoms with van der Waals surface area (Å²) >= 11 is 3.22. The van der Waals surface area contributed by atoms with E-state index in [1.165, 1.54) is 0 Å². The zero-order chi connectivity index (χ0) is 16.9. The number of nitrogens with one attached hydrogen (secondary N) is 1. The van der Waals surface area contributed by atoms with Crippen LogP contribution in [0, 0.1) is 5.41 Å². The van der Waals surface area contributed by atoms with Gasteiger partial charge in [0.15, 0.2) is 10.9 Å². The van der Waals surface area contributed by atoms with Crippen molar-refractivity contribution in [2.45, 2.75) is 36.1 Å². The van der Waals surface area contributed by atoms with Crippen molar-refractivity contribution in [3.8, 4) is 10.6 Å². The number of imidazole rings is 1. The maximum absolute atomic E-state index is 12.9. The van der Waals surface area contributed by atoms with Crippen LogP contribution in [-0.2, 0) is 13.5 Å². The number of hydrogen-bond donors (Lipinski definition) is 1. The second-order valence-electron chi connectivity index (χ2n) is 6.90. The first-order valence-corrected chi connectivity index (χ1v) is 9.42. The van der Waals surface area contributed by atoms with Crippen molar-refractivity contribution < 1.29 is 4.79 Å². The molecule has 0 radical (unpaired) electrons. The fraction of sp³-hybridized carbons (Fsp3) is 0.353. The van der Waals surface area contributed by atoms with E-state index >= 15 is 0 Å². The lowest BCUT2D eigenvalue weighted by Crippen LogP contribution is -2.26. The minimum atomic E-state index is -0.0125. The standard InChI is InChI=1S/C17H18N4OS2/c1-17(2)8-10-13(12(22)9-17)15(24-16-18-6-7-21(16)3)23-14(10)11-4-5-19-20-11/h4-7H,8-9H2,1-3H3,(H,19,20). The summed E-state index contributed by atoms with van der Waals surface area (Å²) in [6.07, 6.45) is 7.01. The van der Waals surface area contributed by atoms with E-state index in [4.69, 9.17) is 0 Å². The first-order chi connectivity index (χ1) is 11.4. The number of thiophene rings is 1. The number of aryl methyl sites for hydroxylation is 1. The molecule has 1 N–H and O–H groups in total. The van der Waals surface area contributed by atoms with E-state index in [9.17, 15) is 4.79 Å². The van der Waals surface area contributed by atoms with Gasteiger partial charge in [-0.3, -0.25) is 9.89 Å². The van der Waals surface area contributed by atoms with E-state index in [-0.39, 0.29) is 11.2 Å². The van der Waals surface area contributed by atoms with E-state index in [1.54, 1.807) is 29.3 Å². The van der Waals surface area contributed by atoms with E-state index < -0.39 is 0 Å². The molecule has 0 amide bonds. The van der Waals surface area contributed by atoms with E-state index in [0.29, 0.717) is 6.42 Å². The number of nitrogens with zero attached hydrogens (tertiary/aromatic N) is 3. The Morgan fingerprint density at radius 2 is 2.21 bits per heavy atom. The highest BCUT2D eigenvalue weighted by atomic mass is 32.2. The smallest absolute Gasteiger partial charge is 0.173 e. The zero-order valence-corrected chi connectivity index (χ0v) is 15.4. The van der Waals surface area contributed by atoms with Crippen LogP contribution in [0.2, 0.25) is 0 Å². The second kappa shape index (κ2) is 5.60. The first-order valence-electron chi connectivity index (χ1n) is 7.79. The van der Waals surface area contributed by atoms with Crippen LogP contribution in [0.5, 0.6) is 0 Å². The molecule has 3 aromatic rings. The Balaban J connectivity index is 1.86. The van der Waals surface area contributed by atoms with Gasteiger partial charge in [0.2, 0.25) is 0 Å². The highest BCUT2D eigenvalue weighted by molar-refractivity contribution is 8.01. The number of carbonyl (C=O) groups is 1. The Bertz CT molecular complexity index is 905. The Morgan fingerprint density at radius 1 is 1.38 bits per heavy atom. The van der Waals surface area contributed by atoms with E-state index in [1.807, 2.05) is 30.1 Å². The molecule has 3 aromatic heterocycles. The molecular weight excluding hydrogens is 340 g/mol. The van der Waals surface area contributed by atoms with Gasteiger partial charge in [-0.2, -0.15) is 5.10 Å². The van der Waals surface area contributed by atoms with Gasteiger partial charge < -0.3 is 4.57 Å². The number of aromatic amines is 1. The third kappa shape index (κ3) is 2.61. The number of hydrogen-bond acceptors (Lipinski definition) is 5. The molecule has 1 aliphatic carbocycles. The SMILES string of the molecule is Cn1ccnc1Sc1sc(-c2cc[nH]n2)c2c1C(=O)CC(C)(C)C2. The van der Waals surface area contributed by atoms with Gasteiger partial charge in [0, 0.05) is 37.6 Å². The summed E-state index contributed by atoms with van der Waals surface area (Å²) < 4.78 is 3.00. The van der Waals surface area contributed by atoms with Crippen LogP contribution < -0.4 is 0 Å². The van der Waals surface area contributed by atoms with Crippen molar-refractivity contribution in [1.82, 2.24) is 19.7 Å². The number of fused-ring (bicyclic) bond motifs is 1. The molecule has 0 bridgehead atoms. The van der Waals surface area contributed by atoms with Gasteiger partial charge in [-0.25, -0.2) is 4.98 Å². The number of H-pyrrole nitrogens is 1. The zero-order valence-electron chi connectivity index (χ0n) is 13.8. The molecule has 0 saturated heterocycles. The summed E-state index contributed by atoms with van der Waals surface area (Å²) in [5.41, 5.74) is 2.92. The third-order valence-corrected chi connectivity index (χ3v) is 6.76. The normalized spacial score (nSPS) is 16.4. The molecule has 4 rings (SSSR count). The molecule has 0 aliphatic heterocycles. The summed E-state index contributed by atoms with van der Waals surface area (Å²) in [6, 6.07) is 1.97. The number of ketones is 1. The lowest BCUT2D eigenvalue weighted by molar-refractivity contribution is 0.0910. The molecule has 0 atom stereocenters. The Kier molecular flexibility index (Phi) is 3.65. The Hall–Kier alpha value is -1.86. The van der Waals surface area contributed by atoms with E-state index in [2.05, 4.69) is 29.0 Å². The number of Topliss-reactive ketones (excluding diaryl/α,β-unsaturated/α-hetero) is 1. The quantitative estimate of drug-likeness (QED) is 0.763. The molecule has 0 saturated carbocycles. The summed E-state index contributed by atoms with van der Waals surface area (Å²) in [5.74, 6) is 0.232. The van der Waals surface area contributed by atoms with Crippen molar-refractivity contribution in [2.24, 2.45) is 12.5 Å². The summed E-state index contributed by atoms with van der Waals surface area (Å²) in [6.45, 7) is 4.32. The molecule has 24 heavy (non-hydrogen) atoms. The first kappa shape index (κ1) is 15.7. The third-order valence-electron chi connectivity index (χ3n) is 4.24. The highest BCUT2D eigenvalue weighted by Gasteiger charge is 2.37. The van der Waals surface area contributed by atoms with Crippen molar-refractivity contribution in [1.29, 1.82) is 0 Å². The van der Waals surface area contributed by atoms with Crippen molar-refractivity contribution in [3.05, 3.63) is 35.8 Å². The van der Waals surface area contributed by atoms with Crippen LogP contribution in [0.15, 0.2) is 34.0 Å². The Morgan fingerprint density at radius 3 is 2.88 bits per heavy atom. The van der Waals surface area contributed by atoms with Crippen LogP contribution in [0.1, 0.15) is 36.2 Å². The molecule has 3 heterocycles. The fourth-order valence-electron chi connectivity index (χ4n) is 3.16. The molecule has 5 nitrogen and oxygen atoms in total. The molecule has 0 unspecified atom stereocenters.